The van der Waals surface area contributed by atoms with E-state index in [2.05, 4.69) is 27.1 Å². The number of hydrogen-bond acceptors (Lipinski definition) is 2. The highest BCUT2D eigenvalue weighted by atomic mass is 79.9. The normalized spacial score (nSPS) is 10.8. The molecule has 2 rings (SSSR count). The summed E-state index contributed by atoms with van der Waals surface area (Å²) in [5, 5.41) is 5.06. The summed E-state index contributed by atoms with van der Waals surface area (Å²) in [5.41, 5.74) is 8.61. The molecule has 0 saturated carbocycles. The molecule has 0 spiro atoms. The van der Waals surface area contributed by atoms with Gasteiger partial charge in [0, 0.05) is 10.7 Å². The molecule has 3 nitrogen and oxygen atoms in total. The number of hydrogen-bond donors (Lipinski definition) is 1. The van der Waals surface area contributed by atoms with Crippen molar-refractivity contribution in [1.29, 1.82) is 0 Å². The lowest BCUT2D eigenvalue weighted by Gasteiger charge is -2.09. The zero-order chi connectivity index (χ0) is 12.4. The van der Waals surface area contributed by atoms with Crippen molar-refractivity contribution < 1.29 is 0 Å². The monoisotopic (exact) mass is 313 g/mol. The Kier molecular flexibility index (Phi) is 3.86. The third kappa shape index (κ3) is 2.70. The Morgan fingerprint density at radius 2 is 2.24 bits per heavy atom. The molecule has 2 N–H and O–H groups in total. The van der Waals surface area contributed by atoms with E-state index < -0.39 is 0 Å². The summed E-state index contributed by atoms with van der Waals surface area (Å²) >= 11 is 9.49. The van der Waals surface area contributed by atoms with E-state index in [1.165, 1.54) is 0 Å². The van der Waals surface area contributed by atoms with Gasteiger partial charge in [0.15, 0.2) is 0 Å². The summed E-state index contributed by atoms with van der Waals surface area (Å²) in [5.74, 6) is 0. The maximum absolute atomic E-state index is 6.03. The maximum Gasteiger partial charge on any atom is 0.0819 e. The fourth-order valence-corrected chi connectivity index (χ4v) is 2.16. The largest absolute Gasteiger partial charge is 0.330 e. The van der Waals surface area contributed by atoms with Crippen molar-refractivity contribution in [1.82, 2.24) is 9.78 Å². The Bertz CT molecular complexity index is 517. The van der Waals surface area contributed by atoms with E-state index in [0.717, 1.165) is 27.8 Å². The lowest BCUT2D eigenvalue weighted by atomic mass is 10.1. The number of nitrogens with zero attached hydrogens (tertiary/aromatic N) is 2. The van der Waals surface area contributed by atoms with Gasteiger partial charge in [0.2, 0.25) is 0 Å². The molecule has 0 radical (unpaired) electrons. The Morgan fingerprint density at radius 1 is 1.47 bits per heavy atom. The minimum absolute atomic E-state index is 0.614. The van der Waals surface area contributed by atoms with Gasteiger partial charge in [-0.25, -0.2) is 4.68 Å². The molecule has 0 aliphatic rings. The van der Waals surface area contributed by atoms with Gasteiger partial charge in [0.05, 0.1) is 16.4 Å². The predicted octanol–water partition coefficient (Wildman–Crippen LogP) is 3.10. The van der Waals surface area contributed by atoms with Gasteiger partial charge in [-0.15, -0.1) is 0 Å². The second kappa shape index (κ2) is 5.21. The highest BCUT2D eigenvalue weighted by molar-refractivity contribution is 9.10. The van der Waals surface area contributed by atoms with Crippen molar-refractivity contribution in [2.45, 2.75) is 13.3 Å². The fraction of sp³-hybridized carbons (Fsp3) is 0.250. The standard InChI is InChI=1S/C12H13BrClN3/c1-8-11(14)7-17(16-8)12-6-10(13)3-2-9(12)4-5-15/h2-3,6-7H,4-5,15H2,1H3. The zero-order valence-corrected chi connectivity index (χ0v) is 11.8. The van der Waals surface area contributed by atoms with Gasteiger partial charge in [0.1, 0.15) is 0 Å². The molecule has 0 aliphatic heterocycles. The summed E-state index contributed by atoms with van der Waals surface area (Å²) in [6.45, 7) is 2.50. The van der Waals surface area contributed by atoms with Crippen LogP contribution in [0.1, 0.15) is 11.3 Å². The Morgan fingerprint density at radius 3 is 2.82 bits per heavy atom. The van der Waals surface area contributed by atoms with E-state index in [9.17, 15) is 0 Å². The number of benzene rings is 1. The lowest BCUT2D eigenvalue weighted by molar-refractivity contribution is 0.837. The molecule has 0 bridgehead atoms. The second-order valence-electron chi connectivity index (χ2n) is 3.82. The first kappa shape index (κ1) is 12.6. The molecule has 1 aromatic carbocycles. The molecule has 0 fully saturated rings. The van der Waals surface area contributed by atoms with Crippen molar-refractivity contribution in [3.05, 3.63) is 45.1 Å². The summed E-state index contributed by atoms with van der Waals surface area (Å²) < 4.78 is 2.81. The van der Waals surface area contributed by atoms with Gasteiger partial charge in [-0.05, 0) is 37.6 Å². The molecular formula is C12H13BrClN3. The van der Waals surface area contributed by atoms with Crippen molar-refractivity contribution in [2.75, 3.05) is 6.54 Å². The fourth-order valence-electron chi connectivity index (χ4n) is 1.68. The van der Waals surface area contributed by atoms with Crippen LogP contribution in [0.25, 0.3) is 5.69 Å². The number of aryl methyl sites for hydroxylation is 1. The minimum Gasteiger partial charge on any atom is -0.330 e. The first-order valence-corrected chi connectivity index (χ1v) is 6.49. The number of halogens is 2. The minimum atomic E-state index is 0.614. The van der Waals surface area contributed by atoms with Gasteiger partial charge in [-0.3, -0.25) is 0 Å². The van der Waals surface area contributed by atoms with Crippen LogP contribution in [0.3, 0.4) is 0 Å². The predicted molar refractivity (Wildman–Crippen MR) is 73.8 cm³/mol. The van der Waals surface area contributed by atoms with Crippen LogP contribution in [-0.2, 0) is 6.42 Å². The zero-order valence-electron chi connectivity index (χ0n) is 9.45. The Labute approximate surface area is 114 Å². The highest BCUT2D eigenvalue weighted by Gasteiger charge is 2.08. The van der Waals surface area contributed by atoms with Crippen molar-refractivity contribution in [2.24, 2.45) is 5.73 Å². The van der Waals surface area contributed by atoms with Crippen molar-refractivity contribution in [3.8, 4) is 5.69 Å². The van der Waals surface area contributed by atoms with Crippen molar-refractivity contribution in [3.63, 3.8) is 0 Å². The molecule has 5 heteroatoms. The van der Waals surface area contributed by atoms with Gasteiger partial charge < -0.3 is 5.73 Å². The third-order valence-electron chi connectivity index (χ3n) is 2.55. The first-order chi connectivity index (χ1) is 8.11. The summed E-state index contributed by atoms with van der Waals surface area (Å²) in [6.07, 6.45) is 2.64. The van der Waals surface area contributed by atoms with Gasteiger partial charge in [-0.1, -0.05) is 33.6 Å². The molecule has 0 saturated heterocycles. The van der Waals surface area contributed by atoms with Gasteiger partial charge >= 0.3 is 0 Å². The summed E-state index contributed by atoms with van der Waals surface area (Å²) in [6, 6.07) is 6.08. The van der Waals surface area contributed by atoms with Gasteiger partial charge in [0.25, 0.3) is 0 Å². The van der Waals surface area contributed by atoms with Crippen molar-refractivity contribution >= 4 is 27.5 Å². The molecular weight excluding hydrogens is 302 g/mol. The summed E-state index contributed by atoms with van der Waals surface area (Å²) in [7, 11) is 0. The topological polar surface area (TPSA) is 43.8 Å². The van der Waals surface area contributed by atoms with E-state index in [1.807, 2.05) is 25.3 Å². The average Bonchev–Trinajstić information content (AvgIpc) is 2.62. The van der Waals surface area contributed by atoms with Crippen LogP contribution in [0.5, 0.6) is 0 Å². The third-order valence-corrected chi connectivity index (χ3v) is 3.41. The molecule has 0 atom stereocenters. The molecule has 17 heavy (non-hydrogen) atoms. The van der Waals surface area contributed by atoms with Crippen LogP contribution in [0.15, 0.2) is 28.9 Å². The number of nitrogens with two attached hydrogens (primary N) is 1. The van der Waals surface area contributed by atoms with Crippen LogP contribution < -0.4 is 5.73 Å². The average molecular weight is 315 g/mol. The number of aromatic nitrogens is 2. The molecule has 1 heterocycles. The van der Waals surface area contributed by atoms with Crippen LogP contribution in [-0.4, -0.2) is 16.3 Å². The van der Waals surface area contributed by atoms with Gasteiger partial charge in [-0.2, -0.15) is 5.10 Å². The lowest BCUT2D eigenvalue weighted by Crippen LogP contribution is -2.07. The quantitative estimate of drug-likeness (QED) is 0.946. The molecule has 90 valence electrons. The van der Waals surface area contributed by atoms with Crippen LogP contribution in [0.2, 0.25) is 5.02 Å². The van der Waals surface area contributed by atoms with E-state index in [0.29, 0.717) is 11.6 Å². The highest BCUT2D eigenvalue weighted by Crippen LogP contribution is 2.23. The smallest absolute Gasteiger partial charge is 0.0819 e. The van der Waals surface area contributed by atoms with Crippen LogP contribution >= 0.6 is 27.5 Å². The second-order valence-corrected chi connectivity index (χ2v) is 5.14. The van der Waals surface area contributed by atoms with Crippen LogP contribution in [0.4, 0.5) is 0 Å². The van der Waals surface area contributed by atoms with Crippen LogP contribution in [0, 0.1) is 6.92 Å². The molecule has 1 aromatic heterocycles. The number of rotatable bonds is 3. The first-order valence-electron chi connectivity index (χ1n) is 5.32. The SMILES string of the molecule is Cc1nn(-c2cc(Br)ccc2CCN)cc1Cl. The Hall–Kier alpha value is -0.840. The van der Waals surface area contributed by atoms with E-state index >= 15 is 0 Å². The van der Waals surface area contributed by atoms with E-state index in [4.69, 9.17) is 17.3 Å². The van der Waals surface area contributed by atoms with E-state index in [-0.39, 0.29) is 0 Å². The molecule has 0 aliphatic carbocycles. The van der Waals surface area contributed by atoms with E-state index in [1.54, 1.807) is 4.68 Å². The maximum atomic E-state index is 6.03. The molecule has 0 unspecified atom stereocenters. The Balaban J connectivity index is 2.52. The molecule has 2 aromatic rings. The summed E-state index contributed by atoms with van der Waals surface area (Å²) in [4.78, 5) is 0. The molecule has 0 amide bonds.